The number of ether oxygens (including phenoxy) is 3. The van der Waals surface area contributed by atoms with Gasteiger partial charge in [0.15, 0.2) is 6.10 Å². The highest BCUT2D eigenvalue weighted by Gasteiger charge is 2.19. The van der Waals surface area contributed by atoms with Crippen molar-refractivity contribution in [3.05, 3.63) is 97.2 Å². The van der Waals surface area contributed by atoms with E-state index < -0.39 is 6.10 Å². The van der Waals surface area contributed by atoms with Crippen LogP contribution in [0.2, 0.25) is 0 Å². The highest BCUT2D eigenvalue weighted by atomic mass is 16.6. The van der Waals surface area contributed by atoms with Crippen LogP contribution in [0.5, 0.6) is 0 Å². The Labute approximate surface area is 515 Å². The number of carbonyl (C=O) groups is 3. The summed E-state index contributed by atoms with van der Waals surface area (Å²) in [6, 6.07) is 0. The smallest absolute Gasteiger partial charge is 0.306 e. The predicted octanol–water partition coefficient (Wildman–Crippen LogP) is 24.8. The average Bonchev–Trinajstić information content (AvgIpc) is 3.49. The van der Waals surface area contributed by atoms with Gasteiger partial charge in [-0.25, -0.2) is 0 Å². The standard InChI is InChI=1S/C77H134O6/c1-4-7-10-13-16-19-22-25-27-29-31-32-33-34-35-36-37-38-39-40-41-42-43-44-46-47-49-52-55-58-61-64-67-70-76(79)82-73-74(72-81-75(78)69-66-63-60-57-54-51-24-21-18-15-12-9-6-3)83-77(80)71-68-65-62-59-56-53-50-48-45-30-28-26-23-20-17-14-11-8-5-2/h9,12,17-18,20-22,25-26,28-29,31,51,54,60,63,74H,4-8,10-11,13-16,19,23-24,27,30,32-50,52-53,55-59,61-62,64-73H2,1-3H3/b12-9-,20-17-,21-18-,25-22-,28-26-,31-29-,54-51-,63-60-. The highest BCUT2D eigenvalue weighted by Crippen LogP contribution is 2.18. The molecular weight excluding hydrogens is 1020 g/mol. The topological polar surface area (TPSA) is 78.9 Å². The van der Waals surface area contributed by atoms with Crippen LogP contribution in [0.1, 0.15) is 355 Å². The fraction of sp³-hybridized carbons (Fsp3) is 0.753. The molecule has 0 saturated carbocycles. The number of unbranched alkanes of at least 4 members (excludes halogenated alkanes) is 38. The largest absolute Gasteiger partial charge is 0.462 e. The van der Waals surface area contributed by atoms with E-state index in [9.17, 15) is 14.4 Å². The van der Waals surface area contributed by atoms with Gasteiger partial charge in [0, 0.05) is 19.3 Å². The summed E-state index contributed by atoms with van der Waals surface area (Å²) in [7, 11) is 0. The Morgan fingerprint density at radius 2 is 0.494 bits per heavy atom. The Bertz CT molecular complexity index is 1610. The fourth-order valence-corrected chi connectivity index (χ4v) is 10.2. The molecule has 0 rings (SSSR count). The van der Waals surface area contributed by atoms with Crippen LogP contribution < -0.4 is 0 Å². The van der Waals surface area contributed by atoms with E-state index in [0.717, 1.165) is 77.0 Å². The van der Waals surface area contributed by atoms with Crippen molar-refractivity contribution in [2.45, 2.75) is 361 Å². The minimum Gasteiger partial charge on any atom is -0.462 e. The third-order valence-electron chi connectivity index (χ3n) is 15.6. The summed E-state index contributed by atoms with van der Waals surface area (Å²) in [5.41, 5.74) is 0. The Morgan fingerprint density at radius 3 is 0.831 bits per heavy atom. The number of hydrogen-bond donors (Lipinski definition) is 0. The van der Waals surface area contributed by atoms with Crippen LogP contribution in [0, 0.1) is 0 Å². The first-order valence-electron chi connectivity index (χ1n) is 35.7. The second-order valence-corrected chi connectivity index (χ2v) is 23.8. The lowest BCUT2D eigenvalue weighted by molar-refractivity contribution is -0.166. The van der Waals surface area contributed by atoms with E-state index in [0.29, 0.717) is 19.3 Å². The number of esters is 3. The molecule has 0 spiro atoms. The summed E-state index contributed by atoms with van der Waals surface area (Å²) in [5.74, 6) is -0.973. The van der Waals surface area contributed by atoms with E-state index in [-0.39, 0.29) is 37.5 Å². The molecule has 0 aliphatic rings. The Hall–Kier alpha value is -3.67. The van der Waals surface area contributed by atoms with Gasteiger partial charge in [-0.1, -0.05) is 323 Å². The Kier molecular flexibility index (Phi) is 67.7. The maximum atomic E-state index is 12.9. The molecular formula is C77H134O6. The molecule has 0 bridgehead atoms. The van der Waals surface area contributed by atoms with Gasteiger partial charge in [0.1, 0.15) is 13.2 Å². The average molecular weight is 1160 g/mol. The molecule has 83 heavy (non-hydrogen) atoms. The number of carbonyl (C=O) groups excluding carboxylic acids is 3. The maximum Gasteiger partial charge on any atom is 0.306 e. The molecule has 0 heterocycles. The molecule has 0 N–H and O–H groups in total. The molecule has 6 nitrogen and oxygen atoms in total. The third-order valence-corrected chi connectivity index (χ3v) is 15.6. The van der Waals surface area contributed by atoms with Gasteiger partial charge in [-0.3, -0.25) is 14.4 Å². The van der Waals surface area contributed by atoms with Gasteiger partial charge < -0.3 is 14.2 Å². The van der Waals surface area contributed by atoms with E-state index in [1.807, 2.05) is 6.08 Å². The van der Waals surface area contributed by atoms with Crippen LogP contribution in [-0.4, -0.2) is 37.2 Å². The van der Waals surface area contributed by atoms with Crippen LogP contribution in [0.4, 0.5) is 0 Å². The Balaban J connectivity index is 4.19. The number of hydrogen-bond acceptors (Lipinski definition) is 6. The molecule has 0 saturated heterocycles. The predicted molar refractivity (Wildman–Crippen MR) is 362 cm³/mol. The highest BCUT2D eigenvalue weighted by molar-refractivity contribution is 5.71. The van der Waals surface area contributed by atoms with Crippen molar-refractivity contribution >= 4 is 17.9 Å². The van der Waals surface area contributed by atoms with Gasteiger partial charge in [0.05, 0.1) is 0 Å². The van der Waals surface area contributed by atoms with Crippen molar-refractivity contribution in [3.8, 4) is 0 Å². The van der Waals surface area contributed by atoms with Gasteiger partial charge in [0.25, 0.3) is 0 Å². The van der Waals surface area contributed by atoms with Crippen LogP contribution in [0.3, 0.4) is 0 Å². The first-order chi connectivity index (χ1) is 41.0. The normalized spacial score (nSPS) is 12.7. The van der Waals surface area contributed by atoms with Crippen LogP contribution in [0.15, 0.2) is 97.2 Å². The molecule has 0 amide bonds. The third kappa shape index (κ3) is 69.0. The summed E-state index contributed by atoms with van der Waals surface area (Å²) in [4.78, 5) is 38.3. The number of rotatable bonds is 65. The van der Waals surface area contributed by atoms with Crippen molar-refractivity contribution < 1.29 is 28.6 Å². The summed E-state index contributed by atoms with van der Waals surface area (Å²) in [6.45, 7) is 6.46. The lowest BCUT2D eigenvalue weighted by Crippen LogP contribution is -2.30. The molecule has 0 aliphatic heterocycles. The van der Waals surface area contributed by atoms with E-state index in [4.69, 9.17) is 14.2 Å². The quantitative estimate of drug-likeness (QED) is 0.0261. The second kappa shape index (κ2) is 70.8. The zero-order valence-corrected chi connectivity index (χ0v) is 54.9. The molecule has 6 heteroatoms. The first kappa shape index (κ1) is 79.3. The molecule has 0 aromatic heterocycles. The molecule has 0 aromatic rings. The maximum absolute atomic E-state index is 12.9. The minimum absolute atomic E-state index is 0.0984. The zero-order chi connectivity index (χ0) is 59.9. The van der Waals surface area contributed by atoms with Crippen LogP contribution in [0.25, 0.3) is 0 Å². The summed E-state index contributed by atoms with van der Waals surface area (Å²) in [5, 5.41) is 0. The van der Waals surface area contributed by atoms with Crippen molar-refractivity contribution in [2.75, 3.05) is 13.2 Å². The lowest BCUT2D eigenvalue weighted by atomic mass is 10.0. The van der Waals surface area contributed by atoms with Crippen molar-refractivity contribution in [1.29, 1.82) is 0 Å². The van der Waals surface area contributed by atoms with Gasteiger partial charge in [0.2, 0.25) is 0 Å². The fourth-order valence-electron chi connectivity index (χ4n) is 10.2. The SMILES string of the molecule is CC/C=C\C/C=C\C/C=C\C/C=C\CCC(=O)OCC(COC(=O)CCCCCCCCCCCCCCCCCCCCCCC/C=C\C/C=C\CCCCCCC)OC(=O)CCCCCCCCCCC/C=C\C/C=C\CCCCC. The summed E-state index contributed by atoms with van der Waals surface area (Å²) in [6.07, 6.45) is 96.1. The van der Waals surface area contributed by atoms with E-state index >= 15 is 0 Å². The van der Waals surface area contributed by atoms with Crippen molar-refractivity contribution in [3.63, 3.8) is 0 Å². The number of allylic oxidation sites excluding steroid dienone is 16. The minimum atomic E-state index is -0.809. The van der Waals surface area contributed by atoms with E-state index in [1.54, 1.807) is 0 Å². The van der Waals surface area contributed by atoms with Crippen LogP contribution >= 0.6 is 0 Å². The van der Waals surface area contributed by atoms with Crippen LogP contribution in [-0.2, 0) is 28.6 Å². The molecule has 0 aliphatic carbocycles. The van der Waals surface area contributed by atoms with Crippen molar-refractivity contribution in [2.24, 2.45) is 0 Å². The zero-order valence-electron chi connectivity index (χ0n) is 54.9. The molecule has 478 valence electrons. The summed E-state index contributed by atoms with van der Waals surface area (Å²) >= 11 is 0. The van der Waals surface area contributed by atoms with Gasteiger partial charge in [-0.2, -0.15) is 0 Å². The molecule has 1 unspecified atom stereocenters. The van der Waals surface area contributed by atoms with E-state index in [2.05, 4.69) is 112 Å². The van der Waals surface area contributed by atoms with Gasteiger partial charge >= 0.3 is 17.9 Å². The molecule has 0 fully saturated rings. The Morgan fingerprint density at radius 1 is 0.253 bits per heavy atom. The van der Waals surface area contributed by atoms with Gasteiger partial charge in [-0.05, 0) is 109 Å². The monoisotopic (exact) mass is 1160 g/mol. The molecule has 0 aromatic carbocycles. The van der Waals surface area contributed by atoms with Gasteiger partial charge in [-0.15, -0.1) is 0 Å². The van der Waals surface area contributed by atoms with E-state index in [1.165, 1.54) is 231 Å². The second-order valence-electron chi connectivity index (χ2n) is 23.8. The summed E-state index contributed by atoms with van der Waals surface area (Å²) < 4.78 is 16.9. The first-order valence-corrected chi connectivity index (χ1v) is 35.7. The molecule has 1 atom stereocenters. The molecule has 0 radical (unpaired) electrons. The van der Waals surface area contributed by atoms with Crippen molar-refractivity contribution in [1.82, 2.24) is 0 Å². The lowest BCUT2D eigenvalue weighted by Gasteiger charge is -2.18.